The monoisotopic (exact) mass is 568 g/mol. The molecule has 17 heteroatoms. The average molecular weight is 570 g/mol. The van der Waals surface area contributed by atoms with Crippen LogP contribution >= 0.6 is 0 Å². The Bertz CT molecular complexity index is 1070. The van der Waals surface area contributed by atoms with E-state index in [0.717, 1.165) is 14.2 Å². The summed E-state index contributed by atoms with van der Waals surface area (Å²) in [5, 5.41) is 16.7. The third-order valence-corrected chi connectivity index (χ3v) is 3.73. The Morgan fingerprint density at radius 2 is 0.657 bits per heavy atom. The first-order valence-corrected chi connectivity index (χ1v) is 8.00. The molecule has 0 fully saturated rings. The Labute approximate surface area is 200 Å². The second kappa shape index (κ2) is 12.2. The van der Waals surface area contributed by atoms with Crippen molar-refractivity contribution in [2.24, 2.45) is 0 Å². The summed E-state index contributed by atoms with van der Waals surface area (Å²) in [5.74, 6) is -24.9. The number of halogens is 8. The smallest absolute Gasteiger partial charge is 0.344 e. The molecule has 35 heavy (non-hydrogen) atoms. The second-order valence-corrected chi connectivity index (χ2v) is 5.61. The number of aromatic carboxylic acids is 2. The minimum absolute atomic E-state index is 0. The molecule has 0 aliphatic carbocycles. The van der Waals surface area contributed by atoms with Crippen LogP contribution in [0.2, 0.25) is 0 Å². The van der Waals surface area contributed by atoms with Crippen molar-refractivity contribution in [1.29, 1.82) is 0 Å². The van der Waals surface area contributed by atoms with E-state index in [1.165, 1.54) is 0 Å². The number of carboxylic acids is 2. The molecule has 8 nitrogen and oxygen atoms in total. The molecular weight excluding hydrogens is 562 g/mol. The first-order chi connectivity index (χ1) is 15.6. The van der Waals surface area contributed by atoms with E-state index >= 15 is 0 Å². The molecule has 0 saturated carbocycles. The summed E-state index contributed by atoms with van der Waals surface area (Å²) in [6, 6.07) is 0. The maximum Gasteiger partial charge on any atom is 0.344 e. The van der Waals surface area contributed by atoms with Gasteiger partial charge in [0.25, 0.3) is 0 Å². The zero-order chi connectivity index (χ0) is 26.7. The number of carboxylic acid groups (broad SMARTS) is 2. The molecule has 2 aromatic rings. The van der Waals surface area contributed by atoms with Gasteiger partial charge in [-0.25, -0.2) is 54.3 Å². The molecule has 0 heterocycles. The molecule has 0 bridgehead atoms. The fraction of sp³-hybridized carbons (Fsp3) is 0.111. The van der Waals surface area contributed by atoms with E-state index in [-0.39, 0.29) is 19.5 Å². The maximum atomic E-state index is 13.2. The predicted molar refractivity (Wildman–Crippen MR) is 89.1 cm³/mol. The fourth-order valence-electron chi connectivity index (χ4n) is 2.20. The Morgan fingerprint density at radius 3 is 0.800 bits per heavy atom. The number of esters is 2. The molecule has 0 unspecified atom stereocenters. The van der Waals surface area contributed by atoms with Gasteiger partial charge in [0.1, 0.15) is 22.3 Å². The normalized spacial score (nSPS) is 9.89. The van der Waals surface area contributed by atoms with Crippen LogP contribution in [0, 0.1) is 46.5 Å². The molecule has 0 atom stereocenters. The van der Waals surface area contributed by atoms with Crippen molar-refractivity contribution >= 4 is 23.9 Å². The van der Waals surface area contributed by atoms with Crippen molar-refractivity contribution < 1.29 is 93.5 Å². The Hall–Kier alpha value is -3.62. The topological polar surface area (TPSA) is 127 Å². The van der Waals surface area contributed by atoms with Crippen LogP contribution in [0.3, 0.4) is 0 Å². The summed E-state index contributed by atoms with van der Waals surface area (Å²) in [6.45, 7) is 0. The molecule has 0 aliphatic rings. The number of ether oxygens (including phenoxy) is 2. The molecule has 2 rings (SSSR count). The van der Waals surface area contributed by atoms with Gasteiger partial charge in [-0.05, 0) is 0 Å². The molecule has 0 aromatic heterocycles. The zero-order valence-corrected chi connectivity index (χ0v) is 20.0. The Kier molecular flexibility index (Phi) is 10.9. The van der Waals surface area contributed by atoms with E-state index in [1.807, 2.05) is 0 Å². The van der Waals surface area contributed by atoms with Gasteiger partial charge >= 0.3 is 23.9 Å². The van der Waals surface area contributed by atoms with Gasteiger partial charge in [-0.3, -0.25) is 0 Å². The van der Waals surface area contributed by atoms with E-state index < -0.39 is 92.7 Å². The molecular formula is C18H8F8O8Zn. The van der Waals surface area contributed by atoms with Crippen molar-refractivity contribution in [3.8, 4) is 0 Å². The van der Waals surface area contributed by atoms with Crippen LogP contribution in [0.25, 0.3) is 0 Å². The van der Waals surface area contributed by atoms with Gasteiger partial charge in [-0.15, -0.1) is 0 Å². The third kappa shape index (κ3) is 5.90. The van der Waals surface area contributed by atoms with Gasteiger partial charge < -0.3 is 19.7 Å². The van der Waals surface area contributed by atoms with Crippen LogP contribution in [0.1, 0.15) is 41.4 Å². The van der Waals surface area contributed by atoms with Crippen molar-refractivity contribution in [2.75, 3.05) is 14.2 Å². The summed E-state index contributed by atoms with van der Waals surface area (Å²) in [5.41, 5.74) is -6.86. The summed E-state index contributed by atoms with van der Waals surface area (Å²) in [6.07, 6.45) is 0. The molecule has 0 saturated heterocycles. The minimum Gasteiger partial charge on any atom is -0.477 e. The van der Waals surface area contributed by atoms with Crippen molar-refractivity contribution in [3.63, 3.8) is 0 Å². The number of rotatable bonds is 4. The maximum absolute atomic E-state index is 13.2. The first kappa shape index (κ1) is 31.4. The summed E-state index contributed by atoms with van der Waals surface area (Å²) in [7, 11) is 1.48. The molecule has 186 valence electrons. The molecule has 2 aromatic carbocycles. The molecule has 0 amide bonds. The van der Waals surface area contributed by atoms with E-state index in [0.29, 0.717) is 0 Å². The van der Waals surface area contributed by atoms with Gasteiger partial charge in [0.15, 0.2) is 46.5 Å². The van der Waals surface area contributed by atoms with Crippen LogP contribution in [-0.4, -0.2) is 48.3 Å². The second-order valence-electron chi connectivity index (χ2n) is 5.61. The van der Waals surface area contributed by atoms with Crippen molar-refractivity contribution in [3.05, 3.63) is 68.8 Å². The Balaban J connectivity index is 0.000000642. The number of hydrogen-bond donors (Lipinski definition) is 2. The molecule has 0 radical (unpaired) electrons. The van der Waals surface area contributed by atoms with Gasteiger partial charge in [0, 0.05) is 19.5 Å². The van der Waals surface area contributed by atoms with Crippen LogP contribution in [0.15, 0.2) is 0 Å². The van der Waals surface area contributed by atoms with E-state index in [4.69, 9.17) is 10.2 Å². The summed E-state index contributed by atoms with van der Waals surface area (Å²) < 4.78 is 113. The van der Waals surface area contributed by atoms with Gasteiger partial charge in [0.2, 0.25) is 0 Å². The largest absolute Gasteiger partial charge is 0.477 e. The van der Waals surface area contributed by atoms with Gasteiger partial charge in [0.05, 0.1) is 14.2 Å². The van der Waals surface area contributed by atoms with E-state index in [2.05, 4.69) is 9.47 Å². The predicted octanol–water partition coefficient (Wildman–Crippen LogP) is 3.45. The van der Waals surface area contributed by atoms with Crippen LogP contribution in [0.4, 0.5) is 35.1 Å². The Morgan fingerprint density at radius 1 is 0.486 bits per heavy atom. The van der Waals surface area contributed by atoms with Crippen LogP contribution in [-0.2, 0) is 29.0 Å². The van der Waals surface area contributed by atoms with Gasteiger partial charge in [-0.1, -0.05) is 0 Å². The fourth-order valence-corrected chi connectivity index (χ4v) is 2.20. The third-order valence-electron chi connectivity index (χ3n) is 3.73. The standard InChI is InChI=1S/2C9H4F4O4.Zn/c2*1-17-9(16)3-6(12)4(10)2(8(14)15)5(11)7(3)13;/h2*1H3,(H,14,15);. The quantitative estimate of drug-likeness (QED) is 0.248. The minimum atomic E-state index is -2.20. The van der Waals surface area contributed by atoms with Crippen LogP contribution < -0.4 is 0 Å². The number of benzene rings is 2. The number of methoxy groups -OCH3 is 2. The molecule has 2 N–H and O–H groups in total. The molecule has 0 spiro atoms. The van der Waals surface area contributed by atoms with Gasteiger partial charge in [-0.2, -0.15) is 0 Å². The van der Waals surface area contributed by atoms with Crippen LogP contribution in [0.5, 0.6) is 0 Å². The summed E-state index contributed by atoms with van der Waals surface area (Å²) in [4.78, 5) is 42.5. The average Bonchev–Trinajstić information content (AvgIpc) is 2.76. The van der Waals surface area contributed by atoms with E-state index in [9.17, 15) is 54.3 Å². The number of carbonyl (C=O) groups excluding carboxylic acids is 2. The van der Waals surface area contributed by atoms with E-state index in [1.54, 1.807) is 0 Å². The molecule has 0 aliphatic heterocycles. The number of carbonyl (C=O) groups is 4. The van der Waals surface area contributed by atoms with Crippen molar-refractivity contribution in [1.82, 2.24) is 0 Å². The number of hydrogen-bond acceptors (Lipinski definition) is 6. The zero-order valence-electron chi connectivity index (χ0n) is 17.1. The van der Waals surface area contributed by atoms with Crippen molar-refractivity contribution in [2.45, 2.75) is 0 Å². The SMILES string of the molecule is COC(=O)c1c(F)c(F)c(C(=O)O)c(F)c1F.COC(=O)c1c(F)c(F)c(C(=O)O)c(F)c1F.[Zn]. The summed E-state index contributed by atoms with van der Waals surface area (Å²) >= 11 is 0. The first-order valence-electron chi connectivity index (χ1n) is 8.00.